The number of allylic oxidation sites excluding steroid dienone is 3. The van der Waals surface area contributed by atoms with Crippen LogP contribution in [0.15, 0.2) is 42.1 Å². The van der Waals surface area contributed by atoms with E-state index in [-0.39, 0.29) is 18.2 Å². The molecule has 0 bridgehead atoms. The van der Waals surface area contributed by atoms with E-state index in [0.29, 0.717) is 25.7 Å². The van der Waals surface area contributed by atoms with Crippen LogP contribution in [0.1, 0.15) is 68.5 Å². The van der Waals surface area contributed by atoms with Gasteiger partial charge in [-0.3, -0.25) is 10.2 Å². The standard InChI is InChI=1S/C31H37FN6OS2/c1-19-3-10-26(37-36-19)30-34-27(24-9-6-21(32)17-25(24)29(39)35-31(18-33)13-14-31)28(41-30)20-4-7-22(8-5-20)38-15-11-23(40-2)12-16-38/h3-5,7-8,10,21,23-25,36-37H,6,9,11-17H2,1-2H3,(H,35,39)/t21-,24+,25?/m0/s1. The van der Waals surface area contributed by atoms with Crippen LogP contribution < -0.4 is 21.1 Å². The van der Waals surface area contributed by atoms with E-state index in [1.54, 1.807) is 11.3 Å². The fraction of sp³-hybridized carbons (Fsp3) is 0.516. The molecular weight excluding hydrogens is 556 g/mol. The molecule has 3 heterocycles. The Bertz CT molecular complexity index is 1380. The zero-order valence-corrected chi connectivity index (χ0v) is 25.2. The molecule has 0 radical (unpaired) electrons. The van der Waals surface area contributed by atoms with Crippen molar-refractivity contribution in [1.82, 2.24) is 21.2 Å². The van der Waals surface area contributed by atoms with Crippen LogP contribution in [0, 0.1) is 17.2 Å². The van der Waals surface area contributed by atoms with E-state index in [9.17, 15) is 14.4 Å². The summed E-state index contributed by atoms with van der Waals surface area (Å²) in [5.41, 5.74) is 10.6. The summed E-state index contributed by atoms with van der Waals surface area (Å²) in [5, 5.41) is 14.1. The molecule has 3 atom stereocenters. The van der Waals surface area contributed by atoms with Crippen LogP contribution in [-0.4, -0.2) is 47.2 Å². The molecule has 2 aliphatic heterocycles. The Morgan fingerprint density at radius 1 is 1.17 bits per heavy atom. The first-order valence-corrected chi connectivity index (χ1v) is 16.7. The van der Waals surface area contributed by atoms with Crippen LogP contribution in [0.4, 0.5) is 10.1 Å². The molecule has 41 heavy (non-hydrogen) atoms. The summed E-state index contributed by atoms with van der Waals surface area (Å²) in [6.07, 6.45) is 9.97. The van der Waals surface area contributed by atoms with Crippen LogP contribution in [-0.2, 0) is 4.79 Å². The van der Waals surface area contributed by atoms with E-state index in [1.807, 2.05) is 30.8 Å². The minimum absolute atomic E-state index is 0.152. The second-order valence-electron chi connectivity index (χ2n) is 11.7. The summed E-state index contributed by atoms with van der Waals surface area (Å²) >= 11 is 3.56. The maximum atomic E-state index is 14.7. The lowest BCUT2D eigenvalue weighted by Crippen LogP contribution is -2.44. The molecular formula is C31H37FN6OS2. The highest BCUT2D eigenvalue weighted by atomic mass is 32.2. The summed E-state index contributed by atoms with van der Waals surface area (Å²) in [6.45, 7) is 4.11. The molecule has 4 aliphatic rings. The van der Waals surface area contributed by atoms with Gasteiger partial charge in [0, 0.05) is 41.6 Å². The maximum Gasteiger partial charge on any atom is 0.225 e. The van der Waals surface area contributed by atoms with Crippen LogP contribution in [0.5, 0.6) is 0 Å². The van der Waals surface area contributed by atoms with Gasteiger partial charge in [-0.05, 0) is 88.0 Å². The van der Waals surface area contributed by atoms with Crippen molar-refractivity contribution in [2.45, 2.75) is 74.7 Å². The van der Waals surface area contributed by atoms with Gasteiger partial charge in [-0.1, -0.05) is 12.1 Å². The van der Waals surface area contributed by atoms with Gasteiger partial charge in [0.05, 0.1) is 22.3 Å². The highest BCUT2D eigenvalue weighted by Crippen LogP contribution is 2.46. The third-order valence-corrected chi connectivity index (χ3v) is 11.1. The van der Waals surface area contributed by atoms with Crippen molar-refractivity contribution in [3.8, 4) is 16.5 Å². The highest BCUT2D eigenvalue weighted by molar-refractivity contribution is 7.99. The molecule has 2 saturated carbocycles. The van der Waals surface area contributed by atoms with E-state index >= 15 is 0 Å². The van der Waals surface area contributed by atoms with E-state index in [0.717, 1.165) is 50.9 Å². The molecule has 1 saturated heterocycles. The number of hydrazine groups is 1. The molecule has 1 aromatic carbocycles. The summed E-state index contributed by atoms with van der Waals surface area (Å²) < 4.78 is 14.7. The molecule has 10 heteroatoms. The minimum Gasteiger partial charge on any atom is -0.371 e. The molecule has 7 nitrogen and oxygen atoms in total. The summed E-state index contributed by atoms with van der Waals surface area (Å²) in [4.78, 5) is 22.1. The number of carbonyl (C=O) groups is 1. The zero-order valence-electron chi connectivity index (χ0n) is 23.6. The molecule has 2 aromatic rings. The summed E-state index contributed by atoms with van der Waals surface area (Å²) in [7, 11) is 0. The predicted octanol–water partition coefficient (Wildman–Crippen LogP) is 5.89. The zero-order chi connectivity index (χ0) is 28.6. The fourth-order valence-electron chi connectivity index (χ4n) is 6.12. The number of benzene rings is 1. The molecule has 2 aliphatic carbocycles. The summed E-state index contributed by atoms with van der Waals surface area (Å²) in [5.74, 6) is -1.02. The van der Waals surface area contributed by atoms with E-state index in [1.165, 1.54) is 18.5 Å². The lowest BCUT2D eigenvalue weighted by Gasteiger charge is -2.33. The van der Waals surface area contributed by atoms with Gasteiger partial charge in [-0.2, -0.15) is 17.0 Å². The van der Waals surface area contributed by atoms with Crippen molar-refractivity contribution in [3.05, 3.63) is 52.8 Å². The summed E-state index contributed by atoms with van der Waals surface area (Å²) in [6, 6.07) is 10.9. The SMILES string of the molecule is CSC1CCN(c2ccc(-c3sc(C4=CC=C(C)NN4)nc3[C@@H]3CC[C@H](F)CC3C(=O)NC3(C#N)CC3)cc2)CC1. The number of thiazole rings is 1. The molecule has 0 spiro atoms. The number of nitrogens with zero attached hydrogens (tertiary/aromatic N) is 3. The van der Waals surface area contributed by atoms with Gasteiger partial charge in [0.25, 0.3) is 0 Å². The quantitative estimate of drug-likeness (QED) is 0.369. The first kappa shape index (κ1) is 28.1. The molecule has 1 aromatic heterocycles. The number of piperidine rings is 1. The van der Waals surface area contributed by atoms with Gasteiger partial charge < -0.3 is 15.6 Å². The Labute approximate surface area is 249 Å². The number of halogens is 1. The second kappa shape index (κ2) is 11.7. The van der Waals surface area contributed by atoms with Crippen LogP contribution in [0.3, 0.4) is 0 Å². The van der Waals surface area contributed by atoms with Crippen molar-refractivity contribution in [3.63, 3.8) is 0 Å². The molecule has 3 fully saturated rings. The van der Waals surface area contributed by atoms with Crippen LogP contribution in [0.2, 0.25) is 0 Å². The largest absolute Gasteiger partial charge is 0.371 e. The van der Waals surface area contributed by atoms with Gasteiger partial charge in [-0.25, -0.2) is 9.37 Å². The number of carbonyl (C=O) groups excluding carboxylic acids is 1. The fourth-order valence-corrected chi connectivity index (χ4v) is 7.92. The number of hydrogen-bond acceptors (Lipinski definition) is 8. The Hall–Kier alpha value is -3.03. The lowest BCUT2D eigenvalue weighted by atomic mass is 9.75. The third kappa shape index (κ3) is 5.98. The second-order valence-corrected chi connectivity index (χ2v) is 13.8. The van der Waals surface area contributed by atoms with Crippen molar-refractivity contribution in [2.75, 3.05) is 24.2 Å². The van der Waals surface area contributed by atoms with E-state index < -0.39 is 17.6 Å². The first-order valence-electron chi connectivity index (χ1n) is 14.6. The predicted molar refractivity (Wildman–Crippen MR) is 165 cm³/mol. The van der Waals surface area contributed by atoms with Gasteiger partial charge in [0.1, 0.15) is 16.7 Å². The first-order chi connectivity index (χ1) is 19.9. The van der Waals surface area contributed by atoms with Crippen molar-refractivity contribution < 1.29 is 9.18 Å². The lowest BCUT2D eigenvalue weighted by molar-refractivity contribution is -0.128. The molecule has 216 valence electrons. The number of aromatic nitrogens is 1. The molecule has 3 N–H and O–H groups in total. The van der Waals surface area contributed by atoms with Gasteiger partial charge in [0.2, 0.25) is 5.91 Å². The number of thioether (sulfide) groups is 1. The van der Waals surface area contributed by atoms with Crippen LogP contribution in [0.25, 0.3) is 16.1 Å². The Balaban J connectivity index is 1.33. The third-order valence-electron chi connectivity index (χ3n) is 8.85. The average molecular weight is 593 g/mol. The number of hydrogen-bond donors (Lipinski definition) is 3. The molecule has 1 unspecified atom stereocenters. The number of nitriles is 1. The van der Waals surface area contributed by atoms with Gasteiger partial charge in [-0.15, -0.1) is 11.3 Å². The van der Waals surface area contributed by atoms with Crippen molar-refractivity contribution >= 4 is 40.4 Å². The topological polar surface area (TPSA) is 93.1 Å². The van der Waals surface area contributed by atoms with Crippen molar-refractivity contribution in [2.24, 2.45) is 5.92 Å². The van der Waals surface area contributed by atoms with Crippen molar-refractivity contribution in [1.29, 1.82) is 5.26 Å². The highest BCUT2D eigenvalue weighted by Gasteiger charge is 2.48. The molecule has 1 amide bonds. The number of rotatable bonds is 7. The van der Waals surface area contributed by atoms with E-state index in [4.69, 9.17) is 4.98 Å². The Kier molecular flexibility index (Phi) is 8.01. The maximum absolute atomic E-state index is 14.7. The minimum atomic E-state index is -1.03. The Morgan fingerprint density at radius 3 is 2.56 bits per heavy atom. The van der Waals surface area contributed by atoms with Gasteiger partial charge in [0.15, 0.2) is 0 Å². The molecule has 6 rings (SSSR count). The number of alkyl halides is 1. The monoisotopic (exact) mass is 592 g/mol. The Morgan fingerprint density at radius 2 is 1.93 bits per heavy atom. The van der Waals surface area contributed by atoms with Gasteiger partial charge >= 0.3 is 0 Å². The number of nitrogens with one attached hydrogen (secondary N) is 3. The average Bonchev–Trinajstić information content (AvgIpc) is 3.64. The normalized spacial score (nSPS) is 25.7. The van der Waals surface area contributed by atoms with Crippen LogP contribution >= 0.6 is 23.1 Å². The number of amides is 1. The number of anilines is 1. The van der Waals surface area contributed by atoms with E-state index in [2.05, 4.69) is 57.7 Å². The smallest absolute Gasteiger partial charge is 0.225 e.